The van der Waals surface area contributed by atoms with Crippen molar-refractivity contribution in [2.24, 2.45) is 4.99 Å². The monoisotopic (exact) mass is 328 g/mol. The Bertz CT molecular complexity index is 661. The van der Waals surface area contributed by atoms with E-state index in [-0.39, 0.29) is 0 Å². The fourth-order valence-electron chi connectivity index (χ4n) is 2.86. The fraction of sp³-hybridized carbons (Fsp3) is 0.471. The zero-order valence-corrected chi connectivity index (χ0v) is 14.3. The minimum absolute atomic E-state index is 0.522. The number of guanidine groups is 1. The number of piperazine rings is 1. The summed E-state index contributed by atoms with van der Waals surface area (Å²) in [5, 5.41) is 7.20. The molecule has 7 heteroatoms. The Morgan fingerprint density at radius 3 is 2.58 bits per heavy atom. The summed E-state index contributed by atoms with van der Waals surface area (Å²) < 4.78 is 4.99. The van der Waals surface area contributed by atoms with Crippen LogP contribution >= 0.6 is 0 Å². The molecule has 128 valence electrons. The van der Waals surface area contributed by atoms with Gasteiger partial charge in [-0.3, -0.25) is 9.89 Å². The van der Waals surface area contributed by atoms with Crippen molar-refractivity contribution >= 4 is 5.96 Å². The summed E-state index contributed by atoms with van der Waals surface area (Å²) >= 11 is 0. The highest BCUT2D eigenvalue weighted by molar-refractivity contribution is 5.79. The molecular weight excluding hydrogens is 304 g/mol. The summed E-state index contributed by atoms with van der Waals surface area (Å²) in [4.78, 5) is 13.3. The molecule has 24 heavy (non-hydrogen) atoms. The highest BCUT2D eigenvalue weighted by Gasteiger charge is 2.19. The molecular formula is C17H24N6O. The summed E-state index contributed by atoms with van der Waals surface area (Å²) in [6.45, 7) is 7.28. The highest BCUT2D eigenvalue weighted by Crippen LogP contribution is 2.08. The van der Waals surface area contributed by atoms with Crippen molar-refractivity contribution in [2.45, 2.75) is 20.0 Å². The zero-order chi connectivity index (χ0) is 16.8. The van der Waals surface area contributed by atoms with Gasteiger partial charge in [-0.15, -0.1) is 0 Å². The number of hydrogen-bond acceptors (Lipinski definition) is 5. The molecule has 0 bridgehead atoms. The van der Waals surface area contributed by atoms with E-state index in [0.29, 0.717) is 18.3 Å². The third-order valence-electron chi connectivity index (χ3n) is 4.11. The molecule has 1 saturated heterocycles. The number of aliphatic imine (C=N–C) groups is 1. The zero-order valence-electron chi connectivity index (χ0n) is 14.3. The van der Waals surface area contributed by atoms with Crippen LogP contribution in [0.1, 0.15) is 17.3 Å². The topological polar surface area (TPSA) is 69.8 Å². The maximum Gasteiger partial charge on any atom is 0.223 e. The number of nitrogens with one attached hydrogen (secondary N) is 1. The quantitative estimate of drug-likeness (QED) is 0.673. The van der Waals surface area contributed by atoms with E-state index in [0.717, 1.165) is 38.7 Å². The molecule has 1 aliphatic rings. The minimum atomic E-state index is 0.522. The molecule has 2 heterocycles. The van der Waals surface area contributed by atoms with Crippen LogP contribution in [0.25, 0.3) is 0 Å². The molecule has 0 amide bonds. The largest absolute Gasteiger partial charge is 0.349 e. The van der Waals surface area contributed by atoms with Crippen molar-refractivity contribution in [1.29, 1.82) is 0 Å². The van der Waals surface area contributed by atoms with Gasteiger partial charge in [0, 0.05) is 46.7 Å². The van der Waals surface area contributed by atoms with Crippen molar-refractivity contribution in [3.63, 3.8) is 0 Å². The molecule has 7 nitrogen and oxygen atoms in total. The number of nitrogens with zero attached hydrogens (tertiary/aromatic N) is 5. The van der Waals surface area contributed by atoms with Gasteiger partial charge in [0.2, 0.25) is 5.89 Å². The molecule has 2 aromatic rings. The van der Waals surface area contributed by atoms with Crippen LogP contribution in [0.4, 0.5) is 0 Å². The number of rotatable bonds is 4. The molecule has 0 unspecified atom stereocenters. The number of aromatic nitrogens is 2. The Morgan fingerprint density at radius 2 is 1.96 bits per heavy atom. The van der Waals surface area contributed by atoms with E-state index in [2.05, 4.69) is 60.6 Å². The Morgan fingerprint density at radius 1 is 1.21 bits per heavy atom. The van der Waals surface area contributed by atoms with Crippen molar-refractivity contribution in [3.05, 3.63) is 47.6 Å². The lowest BCUT2D eigenvalue weighted by Gasteiger charge is -2.36. The Hall–Kier alpha value is -2.41. The first kappa shape index (κ1) is 16.4. The van der Waals surface area contributed by atoms with Crippen LogP contribution in [0.5, 0.6) is 0 Å². The van der Waals surface area contributed by atoms with Crippen molar-refractivity contribution in [3.8, 4) is 0 Å². The van der Waals surface area contributed by atoms with Crippen LogP contribution in [-0.4, -0.2) is 59.1 Å². The average Bonchev–Trinajstić information content (AvgIpc) is 3.03. The summed E-state index contributed by atoms with van der Waals surface area (Å²) in [6.07, 6.45) is 0. The summed E-state index contributed by atoms with van der Waals surface area (Å²) in [5.74, 6) is 2.12. The van der Waals surface area contributed by atoms with E-state index in [4.69, 9.17) is 4.52 Å². The highest BCUT2D eigenvalue weighted by atomic mass is 16.5. The second kappa shape index (κ2) is 7.92. The van der Waals surface area contributed by atoms with Crippen LogP contribution in [0.3, 0.4) is 0 Å². The maximum atomic E-state index is 4.99. The van der Waals surface area contributed by atoms with Gasteiger partial charge in [-0.1, -0.05) is 35.5 Å². The van der Waals surface area contributed by atoms with Gasteiger partial charge < -0.3 is 14.7 Å². The molecule has 1 aromatic carbocycles. The first-order valence-electron chi connectivity index (χ1n) is 8.25. The molecule has 0 aliphatic carbocycles. The second-order valence-corrected chi connectivity index (χ2v) is 5.88. The van der Waals surface area contributed by atoms with E-state index < -0.39 is 0 Å². The van der Waals surface area contributed by atoms with Gasteiger partial charge in [0.15, 0.2) is 11.8 Å². The molecule has 0 saturated carbocycles. The molecule has 0 spiro atoms. The van der Waals surface area contributed by atoms with Crippen molar-refractivity contribution in [1.82, 2.24) is 25.3 Å². The van der Waals surface area contributed by atoms with Crippen molar-refractivity contribution < 1.29 is 4.52 Å². The van der Waals surface area contributed by atoms with Crippen LogP contribution in [-0.2, 0) is 13.1 Å². The van der Waals surface area contributed by atoms with Gasteiger partial charge >= 0.3 is 0 Å². The summed E-state index contributed by atoms with van der Waals surface area (Å²) in [7, 11) is 1.81. The number of benzene rings is 1. The lowest BCUT2D eigenvalue weighted by Crippen LogP contribution is -2.52. The van der Waals surface area contributed by atoms with E-state index in [9.17, 15) is 0 Å². The standard InChI is InChI=1S/C17H24N6O/c1-14-20-16(21-24-14)12-19-17(18-2)23-10-8-22(9-11-23)13-15-6-4-3-5-7-15/h3-7H,8-13H2,1-2H3,(H,18,19). The van der Waals surface area contributed by atoms with Gasteiger partial charge in [0.1, 0.15) is 0 Å². The smallest absolute Gasteiger partial charge is 0.223 e. The minimum Gasteiger partial charge on any atom is -0.349 e. The van der Waals surface area contributed by atoms with Crippen LogP contribution < -0.4 is 5.32 Å². The Kier molecular flexibility index (Phi) is 5.43. The van der Waals surface area contributed by atoms with Crippen LogP contribution in [0.2, 0.25) is 0 Å². The third-order valence-corrected chi connectivity index (χ3v) is 4.11. The predicted molar refractivity (Wildman–Crippen MR) is 92.5 cm³/mol. The van der Waals surface area contributed by atoms with Crippen LogP contribution in [0.15, 0.2) is 39.8 Å². The van der Waals surface area contributed by atoms with Gasteiger partial charge in [-0.25, -0.2) is 0 Å². The molecule has 1 N–H and O–H groups in total. The maximum absolute atomic E-state index is 4.99. The van der Waals surface area contributed by atoms with E-state index in [1.54, 1.807) is 14.0 Å². The summed E-state index contributed by atoms with van der Waals surface area (Å²) in [5.41, 5.74) is 1.36. The number of hydrogen-bond donors (Lipinski definition) is 1. The van der Waals surface area contributed by atoms with Gasteiger partial charge in [-0.05, 0) is 5.56 Å². The average molecular weight is 328 g/mol. The van der Waals surface area contributed by atoms with E-state index >= 15 is 0 Å². The lowest BCUT2D eigenvalue weighted by atomic mass is 10.2. The first-order chi connectivity index (χ1) is 11.7. The normalized spacial score (nSPS) is 16.4. The van der Waals surface area contributed by atoms with E-state index in [1.807, 2.05) is 0 Å². The molecule has 1 aliphatic heterocycles. The SMILES string of the molecule is CN=C(NCc1noc(C)n1)N1CCN(Cc2ccccc2)CC1. The predicted octanol–water partition coefficient (Wildman–Crippen LogP) is 1.27. The molecule has 0 atom stereocenters. The molecule has 1 fully saturated rings. The Labute approximate surface area is 142 Å². The van der Waals surface area contributed by atoms with Gasteiger partial charge in [0.05, 0.1) is 6.54 Å². The van der Waals surface area contributed by atoms with Crippen LogP contribution in [0, 0.1) is 6.92 Å². The van der Waals surface area contributed by atoms with Crippen molar-refractivity contribution in [2.75, 3.05) is 33.2 Å². The molecule has 1 aromatic heterocycles. The summed E-state index contributed by atoms with van der Waals surface area (Å²) in [6, 6.07) is 10.6. The van der Waals surface area contributed by atoms with Gasteiger partial charge in [0.25, 0.3) is 0 Å². The van der Waals surface area contributed by atoms with E-state index in [1.165, 1.54) is 5.56 Å². The lowest BCUT2D eigenvalue weighted by molar-refractivity contribution is 0.172. The Balaban J connectivity index is 1.47. The third kappa shape index (κ3) is 4.32. The molecule has 0 radical (unpaired) electrons. The second-order valence-electron chi connectivity index (χ2n) is 5.88. The molecule has 3 rings (SSSR count). The number of aryl methyl sites for hydroxylation is 1. The van der Waals surface area contributed by atoms with Gasteiger partial charge in [-0.2, -0.15) is 4.98 Å². The first-order valence-corrected chi connectivity index (χ1v) is 8.25. The fourth-order valence-corrected chi connectivity index (χ4v) is 2.86.